The first-order valence-corrected chi connectivity index (χ1v) is 18.9. The molecule has 1 spiro atoms. The third-order valence-electron chi connectivity index (χ3n) is 9.98. The molecule has 3 aromatic carbocycles. The van der Waals surface area contributed by atoms with E-state index in [-0.39, 0.29) is 35.5 Å². The fraction of sp³-hybridized carbons (Fsp3) is 0.343. The summed E-state index contributed by atoms with van der Waals surface area (Å²) >= 11 is 0. The third-order valence-corrected chi connectivity index (χ3v) is 12.5. The molecule has 0 radical (unpaired) electrons. The number of fused-ring (bicyclic) bond motifs is 3. The lowest BCUT2D eigenvalue weighted by Crippen LogP contribution is -2.45. The largest absolute Gasteiger partial charge is 0.432 e. The number of aliphatic hydroxyl groups is 1. The zero-order valence-corrected chi connectivity index (χ0v) is 27.8. The molecule has 1 unspecified atom stereocenters. The molecule has 12 heteroatoms. The van der Waals surface area contributed by atoms with Gasteiger partial charge < -0.3 is 19.5 Å². The lowest BCUT2D eigenvalue weighted by molar-refractivity contribution is -0.145. The highest BCUT2D eigenvalue weighted by molar-refractivity contribution is 6.71. The number of aryl methyl sites for hydroxylation is 1. The van der Waals surface area contributed by atoms with Gasteiger partial charge in [-0.2, -0.15) is 9.78 Å². The van der Waals surface area contributed by atoms with Crippen molar-refractivity contribution in [2.45, 2.75) is 56.1 Å². The zero-order chi connectivity index (χ0) is 33.1. The van der Waals surface area contributed by atoms with Crippen LogP contribution in [0.15, 0.2) is 90.0 Å². The maximum absolute atomic E-state index is 14.2. The molecule has 0 aliphatic carbocycles. The van der Waals surface area contributed by atoms with Crippen LogP contribution >= 0.6 is 0 Å². The highest BCUT2D eigenvalue weighted by Crippen LogP contribution is 2.59. The van der Waals surface area contributed by atoms with Crippen molar-refractivity contribution >= 4 is 30.7 Å². The minimum Gasteiger partial charge on any atom is -0.432 e. The van der Waals surface area contributed by atoms with Crippen molar-refractivity contribution in [1.29, 1.82) is 0 Å². The summed E-state index contributed by atoms with van der Waals surface area (Å²) in [6.45, 7) is 6.12. The van der Waals surface area contributed by atoms with Crippen LogP contribution in [0.2, 0.25) is 18.6 Å². The minimum atomic E-state index is -2.88. The van der Waals surface area contributed by atoms with Crippen LogP contribution in [0.4, 0.5) is 5.69 Å². The molecule has 47 heavy (non-hydrogen) atoms. The van der Waals surface area contributed by atoms with Gasteiger partial charge in [-0.1, -0.05) is 60.7 Å². The van der Waals surface area contributed by atoms with Crippen molar-refractivity contribution in [2.24, 2.45) is 5.92 Å². The Hall–Kier alpha value is -4.49. The van der Waals surface area contributed by atoms with E-state index in [2.05, 4.69) is 15.4 Å². The molecule has 11 nitrogen and oxygen atoms in total. The molecule has 0 bridgehead atoms. The highest BCUT2D eigenvalue weighted by Gasteiger charge is 2.65. The van der Waals surface area contributed by atoms with Gasteiger partial charge in [0.1, 0.15) is 0 Å². The number of amides is 1. The number of ether oxygens (including phenoxy) is 1. The van der Waals surface area contributed by atoms with Crippen molar-refractivity contribution in [3.05, 3.63) is 112 Å². The molecule has 0 saturated carbocycles. The topological polar surface area (TPSA) is 136 Å². The summed E-state index contributed by atoms with van der Waals surface area (Å²) in [6.07, 6.45) is 3.54. The van der Waals surface area contributed by atoms with Crippen molar-refractivity contribution < 1.29 is 19.4 Å². The van der Waals surface area contributed by atoms with E-state index < -0.39 is 20.0 Å². The van der Waals surface area contributed by atoms with Crippen LogP contribution in [0.1, 0.15) is 36.1 Å². The fourth-order valence-corrected chi connectivity index (χ4v) is 10.3. The molecular weight excluding hydrogens is 613 g/mol. The van der Waals surface area contributed by atoms with E-state index in [4.69, 9.17) is 4.74 Å². The molecule has 7 rings (SSSR count). The maximum Gasteiger partial charge on any atom is 0.279 e. The normalized spacial score (nSPS) is 23.1. The monoisotopic (exact) mass is 650 g/mol. The van der Waals surface area contributed by atoms with E-state index in [0.29, 0.717) is 41.0 Å². The van der Waals surface area contributed by atoms with Gasteiger partial charge in [0.25, 0.3) is 11.5 Å². The Morgan fingerprint density at radius 3 is 2.53 bits per heavy atom. The van der Waals surface area contributed by atoms with Gasteiger partial charge in [-0.3, -0.25) is 14.3 Å². The average Bonchev–Trinajstić information content (AvgIpc) is 3.71. The van der Waals surface area contributed by atoms with E-state index in [1.54, 1.807) is 35.0 Å². The highest BCUT2D eigenvalue weighted by atomic mass is 28.4. The summed E-state index contributed by atoms with van der Waals surface area (Å²) in [5.41, 5.74) is 1.65. The van der Waals surface area contributed by atoms with Gasteiger partial charge in [0.2, 0.25) is 0 Å². The van der Waals surface area contributed by atoms with E-state index >= 15 is 0 Å². The molecule has 2 aliphatic heterocycles. The molecule has 2 N–H and O–H groups in total. The SMILES string of the molecule is C[C@@H]1[C@@H]([Si](C)(C)O)[C@H](CCn2cc(C(CO)c3ccccc3)nn2)O[C@@]12C(=O)N(C)c1ccc(-n3ncc4ccccc4c3=O)cc12. The van der Waals surface area contributed by atoms with Crippen molar-refractivity contribution in [3.8, 4) is 5.69 Å². The Balaban J connectivity index is 1.22. The smallest absolute Gasteiger partial charge is 0.279 e. The summed E-state index contributed by atoms with van der Waals surface area (Å²) in [6, 6.07) is 22.5. The summed E-state index contributed by atoms with van der Waals surface area (Å²) in [5.74, 6) is -0.845. The molecule has 1 fully saturated rings. The van der Waals surface area contributed by atoms with E-state index in [9.17, 15) is 19.5 Å². The van der Waals surface area contributed by atoms with Gasteiger partial charge in [0, 0.05) is 42.2 Å². The Bertz CT molecular complexity index is 2020. The van der Waals surface area contributed by atoms with Gasteiger partial charge in [-0.25, -0.2) is 0 Å². The van der Waals surface area contributed by atoms with E-state index in [1.165, 1.54) is 4.68 Å². The summed E-state index contributed by atoms with van der Waals surface area (Å²) in [5, 5.41) is 24.6. The number of rotatable bonds is 8. The maximum atomic E-state index is 14.2. The first-order chi connectivity index (χ1) is 22.5. The van der Waals surface area contributed by atoms with E-state index in [0.717, 1.165) is 10.9 Å². The van der Waals surface area contributed by atoms with Gasteiger partial charge in [-0.05, 0) is 49.3 Å². The molecule has 1 saturated heterocycles. The molecule has 4 heterocycles. The van der Waals surface area contributed by atoms with Gasteiger partial charge in [-0.15, -0.1) is 5.10 Å². The standard InChI is InChI=1S/C35H38N6O5Si/c1-22-32(47(3,4)45)31(16-17-40-20-29(37-38-40)27(21-42)23-10-6-5-7-11-23)46-35(22)28-18-25(14-15-30(28)39(2)34(35)44)41-33(43)26-13-9-8-12-24(26)19-36-41/h5-15,18-20,22,27,31-32,42,45H,16-17,21H2,1-4H3/t22-,27?,31+,32-,35+/m1/s1. The molecule has 5 aromatic rings. The number of carbonyl (C=O) groups excluding carboxylic acids is 1. The summed E-state index contributed by atoms with van der Waals surface area (Å²) in [4.78, 5) is 40.9. The lowest BCUT2D eigenvalue weighted by Gasteiger charge is -2.32. The molecule has 242 valence electrons. The van der Waals surface area contributed by atoms with E-state index in [1.807, 2.05) is 86.9 Å². The number of carbonyl (C=O) groups is 1. The Kier molecular flexibility index (Phi) is 7.70. The molecule has 1 amide bonds. The van der Waals surface area contributed by atoms with Crippen LogP contribution in [0, 0.1) is 5.92 Å². The first kappa shape index (κ1) is 31.1. The molecule has 2 aliphatic rings. The summed E-state index contributed by atoms with van der Waals surface area (Å²) < 4.78 is 9.99. The number of nitrogens with zero attached hydrogens (tertiary/aromatic N) is 6. The molecule has 5 atom stereocenters. The van der Waals surface area contributed by atoms with Crippen LogP contribution in [0.25, 0.3) is 16.5 Å². The second-order valence-corrected chi connectivity index (χ2v) is 17.2. The number of hydrogen-bond donors (Lipinski definition) is 2. The number of benzene rings is 3. The van der Waals surface area contributed by atoms with Crippen LogP contribution in [0.5, 0.6) is 0 Å². The van der Waals surface area contributed by atoms with Crippen LogP contribution < -0.4 is 10.5 Å². The average molecular weight is 651 g/mol. The zero-order valence-electron chi connectivity index (χ0n) is 26.8. The van der Waals surface area contributed by atoms with Gasteiger partial charge in [0.05, 0.1) is 47.3 Å². The Labute approximate surface area is 273 Å². The van der Waals surface area contributed by atoms with Crippen molar-refractivity contribution in [2.75, 3.05) is 18.6 Å². The van der Waals surface area contributed by atoms with Crippen molar-refractivity contribution in [3.63, 3.8) is 0 Å². The molecule has 2 aromatic heterocycles. The fourth-order valence-electron chi connectivity index (χ4n) is 7.74. The Morgan fingerprint density at radius 1 is 1.04 bits per heavy atom. The van der Waals surface area contributed by atoms with Crippen LogP contribution in [0.3, 0.4) is 0 Å². The number of anilines is 1. The number of hydrogen-bond acceptors (Lipinski definition) is 8. The molecular formula is C35H38N6O5Si. The number of aliphatic hydroxyl groups excluding tert-OH is 1. The summed E-state index contributed by atoms with van der Waals surface area (Å²) in [7, 11) is -1.14. The quantitative estimate of drug-likeness (QED) is 0.241. The lowest BCUT2D eigenvalue weighted by atomic mass is 9.82. The van der Waals surface area contributed by atoms with Crippen molar-refractivity contribution in [1.82, 2.24) is 24.8 Å². The second kappa shape index (κ2) is 11.6. The third kappa shape index (κ3) is 5.03. The Morgan fingerprint density at radius 2 is 1.79 bits per heavy atom. The predicted molar refractivity (Wildman–Crippen MR) is 180 cm³/mol. The second-order valence-electron chi connectivity index (χ2n) is 13.2. The van der Waals surface area contributed by atoms with Gasteiger partial charge >= 0.3 is 0 Å². The number of likely N-dealkylation sites (N-methyl/N-ethyl adjacent to an activating group) is 1. The van der Waals surface area contributed by atoms with Gasteiger partial charge in [0.15, 0.2) is 13.9 Å². The minimum absolute atomic E-state index is 0.0985. The predicted octanol–water partition coefficient (Wildman–Crippen LogP) is 3.97. The van der Waals surface area contributed by atoms with Crippen LogP contribution in [-0.2, 0) is 21.7 Å². The first-order valence-electron chi connectivity index (χ1n) is 15.9. The number of aromatic nitrogens is 5. The van der Waals surface area contributed by atoms with Crippen LogP contribution in [-0.4, -0.2) is 68.7 Å².